The zero-order valence-corrected chi connectivity index (χ0v) is 11.0. The van der Waals surface area contributed by atoms with E-state index < -0.39 is 0 Å². The minimum absolute atomic E-state index is 0.544. The highest BCUT2D eigenvalue weighted by Gasteiger charge is 2.10. The summed E-state index contributed by atoms with van der Waals surface area (Å²) in [6.07, 6.45) is 4.13. The molecule has 1 aromatic rings. The second-order valence-corrected chi connectivity index (χ2v) is 4.82. The van der Waals surface area contributed by atoms with Gasteiger partial charge in [0.15, 0.2) is 0 Å². The van der Waals surface area contributed by atoms with E-state index in [9.17, 15) is 0 Å². The average Bonchev–Trinajstić information content (AvgIpc) is 2.45. The molecule has 0 bridgehead atoms. The van der Waals surface area contributed by atoms with Crippen molar-refractivity contribution in [2.75, 3.05) is 26.2 Å². The number of hydrogen-bond acceptors (Lipinski definition) is 1. The molecule has 1 aromatic carbocycles. The fraction of sp³-hybridized carbons (Fsp3) is 0.500. The lowest BCUT2D eigenvalue weighted by molar-refractivity contribution is -0.897. The lowest BCUT2D eigenvalue weighted by Crippen LogP contribution is -3.12. The third-order valence-corrected chi connectivity index (χ3v) is 3.31. The third kappa shape index (κ3) is 4.91. The first-order chi connectivity index (χ1) is 8.95. The Bertz CT molecular complexity index is 385. The van der Waals surface area contributed by atoms with Crippen molar-refractivity contribution < 1.29 is 9.64 Å². The summed E-state index contributed by atoms with van der Waals surface area (Å²) in [5, 5.41) is 0. The molecule has 1 aliphatic heterocycles. The molecule has 0 radical (unpaired) electrons. The number of nitrogens with one attached hydrogen (secondary N) is 1. The van der Waals surface area contributed by atoms with Crippen LogP contribution in [0.2, 0.25) is 0 Å². The Kier molecular flexibility index (Phi) is 5.78. The second kappa shape index (κ2) is 7.92. The van der Waals surface area contributed by atoms with Crippen LogP contribution in [0.1, 0.15) is 24.8 Å². The van der Waals surface area contributed by atoms with Gasteiger partial charge in [-0.3, -0.25) is 0 Å². The highest BCUT2D eigenvalue weighted by atomic mass is 16.5. The van der Waals surface area contributed by atoms with Crippen LogP contribution in [0, 0.1) is 11.8 Å². The van der Waals surface area contributed by atoms with E-state index in [0.717, 1.165) is 6.54 Å². The van der Waals surface area contributed by atoms with E-state index in [4.69, 9.17) is 4.74 Å². The van der Waals surface area contributed by atoms with E-state index in [1.54, 1.807) is 4.90 Å². The zero-order chi connectivity index (χ0) is 12.5. The molecule has 0 spiro atoms. The predicted molar refractivity (Wildman–Crippen MR) is 73.3 cm³/mol. The van der Waals surface area contributed by atoms with Gasteiger partial charge in [-0.1, -0.05) is 36.3 Å². The van der Waals surface area contributed by atoms with Crippen LogP contribution in [0.3, 0.4) is 0 Å². The van der Waals surface area contributed by atoms with Crippen molar-refractivity contribution in [3.8, 4) is 11.8 Å². The number of piperidine rings is 1. The summed E-state index contributed by atoms with van der Waals surface area (Å²) in [5.74, 6) is 6.34. The standard InChI is InChI=1S/C16H21NO/c1-3-9-16(10-4-1)15-18-14-8-7-13-17-11-5-2-6-12-17/h1,3-4,9-10H,2,5-6,11-15H2/p+1. The van der Waals surface area contributed by atoms with Crippen molar-refractivity contribution in [2.24, 2.45) is 0 Å². The van der Waals surface area contributed by atoms with E-state index in [2.05, 4.69) is 24.0 Å². The lowest BCUT2D eigenvalue weighted by Gasteiger charge is -2.20. The van der Waals surface area contributed by atoms with Gasteiger partial charge in [0.1, 0.15) is 13.2 Å². The Balaban J connectivity index is 1.58. The minimum atomic E-state index is 0.544. The Morgan fingerprint density at radius 3 is 2.56 bits per heavy atom. The number of ether oxygens (including phenoxy) is 1. The predicted octanol–water partition coefficient (Wildman–Crippen LogP) is 1.28. The van der Waals surface area contributed by atoms with Gasteiger partial charge < -0.3 is 9.64 Å². The fourth-order valence-corrected chi connectivity index (χ4v) is 2.26. The lowest BCUT2D eigenvalue weighted by atomic mass is 10.1. The van der Waals surface area contributed by atoms with Gasteiger partial charge >= 0.3 is 0 Å². The SMILES string of the molecule is C(#CC[NH+]1CCCCC1)COCc1ccccc1. The smallest absolute Gasteiger partial charge is 0.139 e. The molecule has 1 aliphatic rings. The molecule has 0 saturated carbocycles. The summed E-state index contributed by atoms with van der Waals surface area (Å²) >= 11 is 0. The molecule has 0 aliphatic carbocycles. The monoisotopic (exact) mass is 244 g/mol. The Labute approximate surface area is 110 Å². The summed E-state index contributed by atoms with van der Waals surface area (Å²) < 4.78 is 5.53. The molecule has 18 heavy (non-hydrogen) atoms. The van der Waals surface area contributed by atoms with Crippen LogP contribution in [-0.2, 0) is 11.3 Å². The van der Waals surface area contributed by atoms with Crippen molar-refractivity contribution in [1.29, 1.82) is 0 Å². The van der Waals surface area contributed by atoms with Crippen LogP contribution in [0.15, 0.2) is 30.3 Å². The first-order valence-electron chi connectivity index (χ1n) is 6.86. The van der Waals surface area contributed by atoms with Crippen molar-refractivity contribution in [3.05, 3.63) is 35.9 Å². The van der Waals surface area contributed by atoms with Crippen molar-refractivity contribution in [2.45, 2.75) is 25.9 Å². The summed E-state index contributed by atoms with van der Waals surface area (Å²) in [4.78, 5) is 1.64. The molecule has 1 N–H and O–H groups in total. The number of rotatable bonds is 4. The van der Waals surface area contributed by atoms with E-state index in [0.29, 0.717) is 13.2 Å². The van der Waals surface area contributed by atoms with Crippen molar-refractivity contribution >= 4 is 0 Å². The molecule has 0 amide bonds. The van der Waals surface area contributed by atoms with Crippen molar-refractivity contribution in [1.82, 2.24) is 0 Å². The van der Waals surface area contributed by atoms with Crippen LogP contribution in [0.5, 0.6) is 0 Å². The van der Waals surface area contributed by atoms with Crippen LogP contribution in [0.25, 0.3) is 0 Å². The number of hydrogen-bond donors (Lipinski definition) is 1. The minimum Gasteiger partial charge on any atom is -0.364 e. The summed E-state index contributed by atoms with van der Waals surface area (Å²) in [6, 6.07) is 10.2. The quantitative estimate of drug-likeness (QED) is 0.622. The summed E-state index contributed by atoms with van der Waals surface area (Å²) in [6.45, 7) is 4.77. The third-order valence-electron chi connectivity index (χ3n) is 3.31. The van der Waals surface area contributed by atoms with Crippen LogP contribution in [-0.4, -0.2) is 26.2 Å². The molecule has 0 aromatic heterocycles. The number of quaternary nitrogens is 1. The fourth-order valence-electron chi connectivity index (χ4n) is 2.26. The molecule has 1 saturated heterocycles. The molecular weight excluding hydrogens is 222 g/mol. The molecule has 2 rings (SSSR count). The number of benzene rings is 1. The molecule has 0 unspecified atom stereocenters. The average molecular weight is 244 g/mol. The van der Waals surface area contributed by atoms with Gasteiger partial charge in [0.2, 0.25) is 0 Å². The van der Waals surface area contributed by atoms with Crippen molar-refractivity contribution in [3.63, 3.8) is 0 Å². The van der Waals surface area contributed by atoms with E-state index in [1.165, 1.54) is 37.9 Å². The largest absolute Gasteiger partial charge is 0.364 e. The molecule has 96 valence electrons. The first kappa shape index (κ1) is 13.1. The summed E-state index contributed by atoms with van der Waals surface area (Å²) in [5.41, 5.74) is 1.21. The molecule has 2 heteroatoms. The molecule has 0 atom stereocenters. The van der Waals surface area contributed by atoms with Gasteiger partial charge in [0.05, 0.1) is 19.7 Å². The van der Waals surface area contributed by atoms with Gasteiger partial charge in [-0.15, -0.1) is 0 Å². The maximum atomic E-state index is 5.53. The Morgan fingerprint density at radius 1 is 1.00 bits per heavy atom. The normalized spacial score (nSPS) is 16.0. The number of likely N-dealkylation sites (tertiary alicyclic amines) is 1. The van der Waals surface area contributed by atoms with Crippen LogP contribution >= 0.6 is 0 Å². The maximum absolute atomic E-state index is 5.53. The summed E-state index contributed by atoms with van der Waals surface area (Å²) in [7, 11) is 0. The van der Waals surface area contributed by atoms with Crippen LogP contribution in [0.4, 0.5) is 0 Å². The topological polar surface area (TPSA) is 13.7 Å². The van der Waals surface area contributed by atoms with Gasteiger partial charge in [-0.25, -0.2) is 0 Å². The molecule has 1 fully saturated rings. The van der Waals surface area contributed by atoms with Gasteiger partial charge in [-0.2, -0.15) is 0 Å². The van der Waals surface area contributed by atoms with Gasteiger partial charge in [0, 0.05) is 0 Å². The Morgan fingerprint density at radius 2 is 1.78 bits per heavy atom. The van der Waals surface area contributed by atoms with E-state index >= 15 is 0 Å². The van der Waals surface area contributed by atoms with Crippen LogP contribution < -0.4 is 4.90 Å². The van der Waals surface area contributed by atoms with E-state index in [1.807, 2.05) is 18.2 Å². The van der Waals surface area contributed by atoms with E-state index in [-0.39, 0.29) is 0 Å². The molecule has 2 nitrogen and oxygen atoms in total. The highest BCUT2D eigenvalue weighted by molar-refractivity contribution is 5.13. The van der Waals surface area contributed by atoms with Gasteiger partial charge in [0.25, 0.3) is 0 Å². The highest BCUT2D eigenvalue weighted by Crippen LogP contribution is 1.99. The Hall–Kier alpha value is -1.30. The zero-order valence-electron chi connectivity index (χ0n) is 11.0. The molecular formula is C16H22NO+. The molecule has 1 heterocycles. The first-order valence-corrected chi connectivity index (χ1v) is 6.86. The van der Waals surface area contributed by atoms with Gasteiger partial charge in [-0.05, 0) is 30.7 Å². The second-order valence-electron chi connectivity index (χ2n) is 4.82. The maximum Gasteiger partial charge on any atom is 0.139 e.